The van der Waals surface area contributed by atoms with E-state index < -0.39 is 0 Å². The molecule has 0 saturated carbocycles. The molecule has 13 heavy (non-hydrogen) atoms. The molecule has 2 aromatic rings. The molecule has 68 valence electrons. The highest BCUT2D eigenvalue weighted by Crippen LogP contribution is 2.13. The monoisotopic (exact) mass is 176 g/mol. The van der Waals surface area contributed by atoms with Crippen LogP contribution in [-0.2, 0) is 6.54 Å². The van der Waals surface area contributed by atoms with Gasteiger partial charge in [0.15, 0.2) is 0 Å². The number of hydrogen-bond acceptors (Lipinski definition) is 2. The number of hydrogen-bond donors (Lipinski definition) is 1. The zero-order valence-electron chi connectivity index (χ0n) is 7.57. The maximum Gasteiger partial charge on any atom is 0.0925 e. The summed E-state index contributed by atoms with van der Waals surface area (Å²) in [5.41, 5.74) is 2.20. The fourth-order valence-corrected chi connectivity index (χ4v) is 1.39. The first kappa shape index (κ1) is 8.26. The standard InChI is InChI=1S/C10H12N2O/c1-8-2-3-9-7-12(4-5-13)11-10(9)6-8/h2-3,6-7,13H,4-5H2,1H3. The predicted molar refractivity (Wildman–Crippen MR) is 51.6 cm³/mol. The van der Waals surface area contributed by atoms with E-state index >= 15 is 0 Å². The number of rotatable bonds is 2. The molecule has 0 atom stereocenters. The normalized spacial score (nSPS) is 10.9. The number of aliphatic hydroxyl groups excluding tert-OH is 1. The van der Waals surface area contributed by atoms with Crippen LogP contribution in [0.25, 0.3) is 10.9 Å². The Kier molecular flexibility index (Phi) is 2.02. The lowest BCUT2D eigenvalue weighted by molar-refractivity contribution is 0.270. The Balaban J connectivity index is 2.49. The van der Waals surface area contributed by atoms with Gasteiger partial charge in [-0.3, -0.25) is 4.68 Å². The third kappa shape index (κ3) is 1.55. The summed E-state index contributed by atoms with van der Waals surface area (Å²) in [6.45, 7) is 2.74. The van der Waals surface area contributed by atoms with Crippen molar-refractivity contribution in [2.45, 2.75) is 13.5 Å². The summed E-state index contributed by atoms with van der Waals surface area (Å²) in [5, 5.41) is 14.2. The van der Waals surface area contributed by atoms with Gasteiger partial charge in [-0.1, -0.05) is 12.1 Å². The first-order valence-corrected chi connectivity index (χ1v) is 4.34. The second-order valence-electron chi connectivity index (χ2n) is 3.18. The van der Waals surface area contributed by atoms with Crippen molar-refractivity contribution in [2.75, 3.05) is 6.61 Å². The molecule has 0 aliphatic rings. The van der Waals surface area contributed by atoms with Crippen molar-refractivity contribution in [3.63, 3.8) is 0 Å². The molecule has 1 N–H and O–H groups in total. The van der Waals surface area contributed by atoms with E-state index in [9.17, 15) is 0 Å². The quantitative estimate of drug-likeness (QED) is 0.749. The van der Waals surface area contributed by atoms with Crippen molar-refractivity contribution in [3.8, 4) is 0 Å². The highest BCUT2D eigenvalue weighted by Gasteiger charge is 1.99. The van der Waals surface area contributed by atoms with Gasteiger partial charge in [0.2, 0.25) is 0 Å². The first-order chi connectivity index (χ1) is 6.29. The summed E-state index contributed by atoms with van der Waals surface area (Å²) >= 11 is 0. The van der Waals surface area contributed by atoms with Crippen LogP contribution in [0.15, 0.2) is 24.4 Å². The van der Waals surface area contributed by atoms with E-state index in [0.717, 1.165) is 10.9 Å². The average Bonchev–Trinajstić information content (AvgIpc) is 2.46. The van der Waals surface area contributed by atoms with E-state index in [1.807, 2.05) is 25.3 Å². The predicted octanol–water partition coefficient (Wildman–Crippen LogP) is 1.34. The molecular formula is C10H12N2O. The topological polar surface area (TPSA) is 38.0 Å². The molecule has 0 spiro atoms. The molecule has 0 aliphatic carbocycles. The fraction of sp³-hybridized carbons (Fsp3) is 0.300. The number of benzene rings is 1. The van der Waals surface area contributed by atoms with Gasteiger partial charge >= 0.3 is 0 Å². The molecule has 2 rings (SSSR count). The summed E-state index contributed by atoms with van der Waals surface area (Å²) in [6.07, 6.45) is 1.95. The van der Waals surface area contributed by atoms with Gasteiger partial charge in [0, 0.05) is 11.6 Å². The second kappa shape index (κ2) is 3.18. The minimum Gasteiger partial charge on any atom is -0.394 e. The van der Waals surface area contributed by atoms with Crippen LogP contribution in [0.1, 0.15) is 5.56 Å². The highest BCUT2D eigenvalue weighted by molar-refractivity contribution is 5.78. The maximum absolute atomic E-state index is 8.74. The Morgan fingerprint density at radius 1 is 1.46 bits per heavy atom. The molecule has 0 saturated heterocycles. The molecule has 3 nitrogen and oxygen atoms in total. The smallest absolute Gasteiger partial charge is 0.0925 e. The molecule has 3 heteroatoms. The van der Waals surface area contributed by atoms with Crippen LogP contribution < -0.4 is 0 Å². The summed E-state index contributed by atoms with van der Waals surface area (Å²) in [5.74, 6) is 0. The lowest BCUT2D eigenvalue weighted by atomic mass is 10.2. The van der Waals surface area contributed by atoms with Gasteiger partial charge in [-0.25, -0.2) is 0 Å². The lowest BCUT2D eigenvalue weighted by Gasteiger charge is -1.93. The SMILES string of the molecule is Cc1ccc2cn(CCO)nc2c1. The Morgan fingerprint density at radius 3 is 3.08 bits per heavy atom. The van der Waals surface area contributed by atoms with Gasteiger partial charge in [0.1, 0.15) is 0 Å². The minimum atomic E-state index is 0.132. The number of aryl methyl sites for hydroxylation is 1. The van der Waals surface area contributed by atoms with E-state index in [0.29, 0.717) is 6.54 Å². The molecule has 1 aromatic heterocycles. The van der Waals surface area contributed by atoms with Crippen LogP contribution in [0, 0.1) is 6.92 Å². The summed E-state index contributed by atoms with van der Waals surface area (Å²) in [4.78, 5) is 0. The number of nitrogens with zero attached hydrogens (tertiary/aromatic N) is 2. The van der Waals surface area contributed by atoms with E-state index in [2.05, 4.69) is 11.2 Å². The van der Waals surface area contributed by atoms with Crippen molar-refractivity contribution >= 4 is 10.9 Å². The Bertz CT molecular complexity index is 420. The van der Waals surface area contributed by atoms with E-state index in [1.54, 1.807) is 4.68 Å². The van der Waals surface area contributed by atoms with Crippen molar-refractivity contribution in [2.24, 2.45) is 0 Å². The van der Waals surface area contributed by atoms with Crippen LogP contribution >= 0.6 is 0 Å². The van der Waals surface area contributed by atoms with Crippen molar-refractivity contribution < 1.29 is 5.11 Å². The summed E-state index contributed by atoms with van der Waals surface area (Å²) in [7, 11) is 0. The lowest BCUT2D eigenvalue weighted by Crippen LogP contribution is -2.01. The van der Waals surface area contributed by atoms with Crippen molar-refractivity contribution in [1.82, 2.24) is 9.78 Å². The van der Waals surface area contributed by atoms with Gasteiger partial charge in [-0.2, -0.15) is 5.10 Å². The summed E-state index contributed by atoms with van der Waals surface area (Å²) < 4.78 is 1.77. The minimum absolute atomic E-state index is 0.132. The molecular weight excluding hydrogens is 164 g/mol. The molecule has 0 amide bonds. The maximum atomic E-state index is 8.74. The van der Waals surface area contributed by atoms with E-state index in [1.165, 1.54) is 5.56 Å². The zero-order valence-corrected chi connectivity index (χ0v) is 7.57. The van der Waals surface area contributed by atoms with Gasteiger partial charge < -0.3 is 5.11 Å². The molecule has 0 fully saturated rings. The van der Waals surface area contributed by atoms with Gasteiger partial charge in [-0.15, -0.1) is 0 Å². The molecule has 0 unspecified atom stereocenters. The van der Waals surface area contributed by atoms with Crippen LogP contribution in [-0.4, -0.2) is 21.5 Å². The molecule has 0 aliphatic heterocycles. The zero-order chi connectivity index (χ0) is 9.26. The van der Waals surface area contributed by atoms with Crippen LogP contribution in [0.5, 0.6) is 0 Å². The van der Waals surface area contributed by atoms with Gasteiger partial charge in [0.25, 0.3) is 0 Å². The number of aliphatic hydroxyl groups is 1. The molecule has 1 heterocycles. The fourth-order valence-electron chi connectivity index (χ4n) is 1.39. The van der Waals surface area contributed by atoms with E-state index in [4.69, 9.17) is 5.11 Å². The Hall–Kier alpha value is -1.35. The van der Waals surface area contributed by atoms with Gasteiger partial charge in [-0.05, 0) is 18.6 Å². The van der Waals surface area contributed by atoms with E-state index in [-0.39, 0.29) is 6.61 Å². The second-order valence-corrected chi connectivity index (χ2v) is 3.18. The highest BCUT2D eigenvalue weighted by atomic mass is 16.3. The molecule has 0 bridgehead atoms. The first-order valence-electron chi connectivity index (χ1n) is 4.34. The number of aromatic nitrogens is 2. The molecule has 1 aromatic carbocycles. The third-order valence-electron chi connectivity index (χ3n) is 2.04. The third-order valence-corrected chi connectivity index (χ3v) is 2.04. The Morgan fingerprint density at radius 2 is 2.31 bits per heavy atom. The van der Waals surface area contributed by atoms with Crippen LogP contribution in [0.3, 0.4) is 0 Å². The van der Waals surface area contributed by atoms with Crippen LogP contribution in [0.4, 0.5) is 0 Å². The van der Waals surface area contributed by atoms with Crippen molar-refractivity contribution in [1.29, 1.82) is 0 Å². The van der Waals surface area contributed by atoms with Crippen molar-refractivity contribution in [3.05, 3.63) is 30.0 Å². The Labute approximate surface area is 76.6 Å². The van der Waals surface area contributed by atoms with Gasteiger partial charge in [0.05, 0.1) is 18.7 Å². The molecule has 0 radical (unpaired) electrons. The van der Waals surface area contributed by atoms with Crippen LogP contribution in [0.2, 0.25) is 0 Å². The number of fused-ring (bicyclic) bond motifs is 1. The average molecular weight is 176 g/mol. The summed E-state index contributed by atoms with van der Waals surface area (Å²) in [6, 6.07) is 6.15. The largest absolute Gasteiger partial charge is 0.394 e.